The number of carbonyl (C=O) groups excluding carboxylic acids is 4. The Morgan fingerprint density at radius 3 is 2.71 bits per heavy atom. The minimum Gasteiger partial charge on any atom is -0.493 e. The molecule has 13 heteroatoms. The Labute approximate surface area is 206 Å². The standard InChI is InChI=1S/C22H18N4O7S2/c1-32-15-8-12(6-7-14(15)33-19(28)9-17-20(29)24-21(30)34-17)10-23-25-18(27)11-26-13-4-2-3-5-16(13)35-22(26)31/h2-8,10,17H,9,11H2,1H3,(H,25,27)(H,24,29,30)/b23-10-/t17-/m0/s1. The molecule has 0 unspecified atom stereocenters. The number of methoxy groups -OCH3 is 1. The molecule has 0 aliphatic carbocycles. The molecule has 4 rings (SSSR count). The third-order valence-corrected chi connectivity index (χ3v) is 6.75. The number of thioether (sulfide) groups is 1. The van der Waals surface area contributed by atoms with Gasteiger partial charge in [0.15, 0.2) is 11.5 Å². The van der Waals surface area contributed by atoms with Crippen LogP contribution in [0.5, 0.6) is 11.5 Å². The number of hydrogen-bond donors (Lipinski definition) is 2. The Bertz CT molecular complexity index is 1410. The van der Waals surface area contributed by atoms with Gasteiger partial charge in [-0.1, -0.05) is 35.2 Å². The first-order valence-corrected chi connectivity index (χ1v) is 11.8. The van der Waals surface area contributed by atoms with Crippen molar-refractivity contribution in [2.24, 2.45) is 5.10 Å². The Balaban J connectivity index is 1.35. The van der Waals surface area contributed by atoms with Gasteiger partial charge in [0.2, 0.25) is 5.91 Å². The van der Waals surface area contributed by atoms with Crippen LogP contribution in [0.15, 0.2) is 52.4 Å². The molecule has 0 spiro atoms. The number of ether oxygens (including phenoxy) is 2. The number of thiazole rings is 1. The average molecular weight is 515 g/mol. The minimum atomic E-state index is -0.834. The molecule has 0 bridgehead atoms. The van der Waals surface area contributed by atoms with E-state index in [0.717, 1.165) is 27.8 Å². The second kappa shape index (κ2) is 10.5. The highest BCUT2D eigenvalue weighted by Gasteiger charge is 2.34. The fourth-order valence-corrected chi connectivity index (χ4v) is 4.91. The monoisotopic (exact) mass is 514 g/mol. The molecule has 2 heterocycles. The number of amides is 3. The summed E-state index contributed by atoms with van der Waals surface area (Å²) in [4.78, 5) is 59.2. The van der Waals surface area contributed by atoms with E-state index in [0.29, 0.717) is 11.1 Å². The lowest BCUT2D eigenvalue weighted by atomic mass is 10.2. The van der Waals surface area contributed by atoms with E-state index in [9.17, 15) is 24.0 Å². The van der Waals surface area contributed by atoms with Crippen molar-refractivity contribution in [2.75, 3.05) is 7.11 Å². The highest BCUT2D eigenvalue weighted by atomic mass is 32.2. The van der Waals surface area contributed by atoms with Crippen molar-refractivity contribution in [1.82, 2.24) is 15.3 Å². The number of hydrazone groups is 1. The zero-order chi connectivity index (χ0) is 24.9. The van der Waals surface area contributed by atoms with E-state index in [1.165, 1.54) is 30.0 Å². The molecule has 1 aliphatic heterocycles. The number of benzene rings is 2. The minimum absolute atomic E-state index is 0.122. The van der Waals surface area contributed by atoms with Crippen molar-refractivity contribution in [1.29, 1.82) is 0 Å². The van der Waals surface area contributed by atoms with Crippen LogP contribution in [0.2, 0.25) is 0 Å². The molecule has 0 saturated carbocycles. The van der Waals surface area contributed by atoms with Crippen molar-refractivity contribution in [3.05, 3.63) is 57.7 Å². The lowest BCUT2D eigenvalue weighted by Crippen LogP contribution is -2.27. The molecule has 1 atom stereocenters. The summed E-state index contributed by atoms with van der Waals surface area (Å²) < 4.78 is 12.7. The lowest BCUT2D eigenvalue weighted by molar-refractivity contribution is -0.136. The number of nitrogens with zero attached hydrogens (tertiary/aromatic N) is 2. The summed E-state index contributed by atoms with van der Waals surface area (Å²) in [5.41, 5.74) is 3.59. The lowest BCUT2D eigenvalue weighted by Gasteiger charge is -2.10. The van der Waals surface area contributed by atoms with Crippen LogP contribution in [0, 0.1) is 0 Å². The summed E-state index contributed by atoms with van der Waals surface area (Å²) in [6, 6.07) is 11.8. The molecule has 2 aromatic carbocycles. The summed E-state index contributed by atoms with van der Waals surface area (Å²) in [5.74, 6) is -1.36. The van der Waals surface area contributed by atoms with Crippen molar-refractivity contribution in [3.8, 4) is 11.5 Å². The average Bonchev–Trinajstić information content (AvgIpc) is 3.31. The van der Waals surface area contributed by atoms with Crippen LogP contribution in [-0.2, 0) is 20.9 Å². The molecule has 35 heavy (non-hydrogen) atoms. The highest BCUT2D eigenvalue weighted by Crippen LogP contribution is 2.29. The molecule has 1 aromatic heterocycles. The molecule has 1 fully saturated rings. The molecular weight excluding hydrogens is 496 g/mol. The topological polar surface area (TPSA) is 145 Å². The van der Waals surface area contributed by atoms with Crippen molar-refractivity contribution < 1.29 is 28.7 Å². The van der Waals surface area contributed by atoms with Crippen molar-refractivity contribution in [3.63, 3.8) is 0 Å². The quantitative estimate of drug-likeness (QED) is 0.201. The number of para-hydroxylation sites is 1. The molecule has 3 amide bonds. The van der Waals surface area contributed by atoms with Gasteiger partial charge in [-0.2, -0.15) is 5.10 Å². The van der Waals surface area contributed by atoms with Crippen LogP contribution in [0.1, 0.15) is 12.0 Å². The third-order valence-electron chi connectivity index (χ3n) is 4.81. The molecule has 180 valence electrons. The van der Waals surface area contributed by atoms with E-state index in [1.54, 1.807) is 18.2 Å². The number of nitrogens with one attached hydrogen (secondary N) is 2. The number of rotatable bonds is 8. The van der Waals surface area contributed by atoms with Crippen LogP contribution in [-0.4, -0.2) is 46.2 Å². The van der Waals surface area contributed by atoms with Gasteiger partial charge in [0, 0.05) is 0 Å². The normalized spacial score (nSPS) is 15.4. The van der Waals surface area contributed by atoms with E-state index in [1.807, 2.05) is 12.1 Å². The van der Waals surface area contributed by atoms with Crippen LogP contribution in [0.3, 0.4) is 0 Å². The van der Waals surface area contributed by atoms with Crippen LogP contribution < -0.4 is 25.1 Å². The second-order valence-electron chi connectivity index (χ2n) is 7.19. The van der Waals surface area contributed by atoms with Gasteiger partial charge in [0.05, 0.1) is 30.0 Å². The molecule has 0 radical (unpaired) electrons. The third kappa shape index (κ3) is 5.75. The maximum atomic E-state index is 12.3. The summed E-state index contributed by atoms with van der Waals surface area (Å²) in [6.45, 7) is -0.179. The van der Waals surface area contributed by atoms with E-state index >= 15 is 0 Å². The number of imide groups is 1. The fraction of sp³-hybridized carbons (Fsp3) is 0.182. The molecule has 3 aromatic rings. The zero-order valence-corrected chi connectivity index (χ0v) is 19.8. The van der Waals surface area contributed by atoms with Crippen LogP contribution in [0.4, 0.5) is 4.79 Å². The smallest absolute Gasteiger partial charge is 0.312 e. The molecule has 1 aliphatic rings. The van der Waals surface area contributed by atoms with Gasteiger partial charge in [-0.3, -0.25) is 33.9 Å². The molecule has 1 saturated heterocycles. The number of hydrogen-bond acceptors (Lipinski definition) is 10. The Kier molecular flexibility index (Phi) is 7.27. The number of aromatic nitrogens is 1. The number of esters is 1. The van der Waals surface area contributed by atoms with Gasteiger partial charge in [0.1, 0.15) is 11.8 Å². The van der Waals surface area contributed by atoms with E-state index in [4.69, 9.17) is 9.47 Å². The summed E-state index contributed by atoms with van der Waals surface area (Å²) in [6.07, 6.45) is 1.09. The van der Waals surface area contributed by atoms with Gasteiger partial charge in [-0.15, -0.1) is 0 Å². The van der Waals surface area contributed by atoms with Crippen molar-refractivity contribution >= 4 is 62.6 Å². The van der Waals surface area contributed by atoms with Crippen LogP contribution >= 0.6 is 23.1 Å². The number of carbonyl (C=O) groups is 4. The predicted molar refractivity (Wildman–Crippen MR) is 130 cm³/mol. The Morgan fingerprint density at radius 1 is 1.17 bits per heavy atom. The summed E-state index contributed by atoms with van der Waals surface area (Å²) >= 11 is 1.80. The largest absolute Gasteiger partial charge is 0.493 e. The maximum absolute atomic E-state index is 12.3. The molecular formula is C22H18N4O7S2. The first kappa shape index (κ1) is 24.2. The first-order valence-electron chi connectivity index (χ1n) is 10.1. The fourth-order valence-electron chi connectivity index (χ4n) is 3.21. The van der Waals surface area contributed by atoms with Gasteiger partial charge >= 0.3 is 10.8 Å². The number of fused-ring (bicyclic) bond motifs is 1. The van der Waals surface area contributed by atoms with Crippen LogP contribution in [0.25, 0.3) is 10.2 Å². The SMILES string of the molecule is COc1cc(/C=N\NC(=O)Cn2c(=O)sc3ccccc32)ccc1OC(=O)C[C@@H]1SC(=O)NC1=O. The van der Waals surface area contributed by atoms with Crippen molar-refractivity contribution in [2.45, 2.75) is 18.2 Å². The zero-order valence-electron chi connectivity index (χ0n) is 18.2. The first-order chi connectivity index (χ1) is 16.8. The maximum Gasteiger partial charge on any atom is 0.312 e. The summed E-state index contributed by atoms with van der Waals surface area (Å²) in [7, 11) is 1.39. The van der Waals surface area contributed by atoms with Gasteiger partial charge in [0.25, 0.3) is 11.1 Å². The predicted octanol–water partition coefficient (Wildman–Crippen LogP) is 1.87. The van der Waals surface area contributed by atoms with E-state index in [2.05, 4.69) is 15.8 Å². The van der Waals surface area contributed by atoms with Gasteiger partial charge in [-0.25, -0.2) is 5.43 Å². The second-order valence-corrected chi connectivity index (χ2v) is 9.36. The van der Waals surface area contributed by atoms with E-state index in [-0.39, 0.29) is 29.3 Å². The Hall–Kier alpha value is -3.97. The van der Waals surface area contributed by atoms with Gasteiger partial charge < -0.3 is 9.47 Å². The Morgan fingerprint density at radius 2 is 1.97 bits per heavy atom. The van der Waals surface area contributed by atoms with Gasteiger partial charge in [-0.05, 0) is 35.9 Å². The molecule has 11 nitrogen and oxygen atoms in total. The summed E-state index contributed by atoms with van der Waals surface area (Å²) in [5, 5.41) is 4.67. The van der Waals surface area contributed by atoms with E-state index < -0.39 is 28.3 Å². The highest BCUT2D eigenvalue weighted by molar-refractivity contribution is 8.15. The molecule has 2 N–H and O–H groups in total.